The van der Waals surface area contributed by atoms with E-state index in [1.54, 1.807) is 6.07 Å². The average molecular weight is 276 g/mol. The molecule has 1 amide bonds. The van der Waals surface area contributed by atoms with Crippen molar-refractivity contribution in [3.8, 4) is 0 Å². The molecule has 0 aromatic carbocycles. The Morgan fingerprint density at radius 1 is 1.50 bits per heavy atom. The number of amides is 1. The van der Waals surface area contributed by atoms with Crippen LogP contribution < -0.4 is 10.6 Å². The normalized spacial score (nSPS) is 23.4. The van der Waals surface area contributed by atoms with Gasteiger partial charge >= 0.3 is 0 Å². The fourth-order valence-electron chi connectivity index (χ4n) is 2.65. The van der Waals surface area contributed by atoms with Gasteiger partial charge in [-0.2, -0.15) is 0 Å². The predicted octanol–water partition coefficient (Wildman–Crippen LogP) is 1.58. The van der Waals surface area contributed by atoms with E-state index in [2.05, 4.69) is 34.5 Å². The molecule has 1 aromatic rings. The van der Waals surface area contributed by atoms with Crippen molar-refractivity contribution in [2.24, 2.45) is 5.92 Å². The molecule has 2 N–H and O–H groups in total. The van der Waals surface area contributed by atoms with Gasteiger partial charge in [0.1, 0.15) is 11.5 Å². The number of likely N-dealkylation sites (tertiary alicyclic amines) is 1. The number of carbonyl (C=O) groups excluding carboxylic acids is 1. The molecule has 0 bridgehead atoms. The van der Waals surface area contributed by atoms with Gasteiger partial charge in [0.05, 0.1) is 0 Å². The molecule has 5 nitrogen and oxygen atoms in total. The maximum Gasteiger partial charge on any atom is 0.270 e. The fraction of sp³-hybridized carbons (Fsp3) is 0.600. The van der Waals surface area contributed by atoms with Crippen molar-refractivity contribution in [1.29, 1.82) is 0 Å². The summed E-state index contributed by atoms with van der Waals surface area (Å²) in [5, 5.41) is 6.24. The van der Waals surface area contributed by atoms with Crippen LogP contribution in [-0.4, -0.2) is 48.5 Å². The van der Waals surface area contributed by atoms with E-state index >= 15 is 0 Å². The highest BCUT2D eigenvalue weighted by atomic mass is 16.1. The van der Waals surface area contributed by atoms with Crippen LogP contribution in [0.3, 0.4) is 0 Å². The van der Waals surface area contributed by atoms with E-state index in [-0.39, 0.29) is 11.9 Å². The summed E-state index contributed by atoms with van der Waals surface area (Å²) in [6.07, 6.45) is 0.996. The summed E-state index contributed by atoms with van der Waals surface area (Å²) in [4.78, 5) is 18.9. The molecule has 5 heteroatoms. The molecule has 1 fully saturated rings. The van der Waals surface area contributed by atoms with Gasteiger partial charge in [-0.15, -0.1) is 0 Å². The van der Waals surface area contributed by atoms with Crippen molar-refractivity contribution >= 4 is 11.7 Å². The zero-order chi connectivity index (χ0) is 14.5. The lowest BCUT2D eigenvalue weighted by Crippen LogP contribution is -2.49. The largest absolute Gasteiger partial charge is 0.370 e. The summed E-state index contributed by atoms with van der Waals surface area (Å²) in [5.41, 5.74) is 0.481. The van der Waals surface area contributed by atoms with E-state index in [0.717, 1.165) is 31.9 Å². The molecular formula is C15H24N4O. The number of hydrogen-bond acceptors (Lipinski definition) is 4. The number of pyridine rings is 1. The van der Waals surface area contributed by atoms with Gasteiger partial charge in [-0.1, -0.05) is 13.0 Å². The number of rotatable bonds is 4. The first-order valence-electron chi connectivity index (χ1n) is 7.30. The number of aromatic nitrogens is 1. The Morgan fingerprint density at radius 3 is 3.00 bits per heavy atom. The van der Waals surface area contributed by atoms with Crippen LogP contribution in [0.4, 0.5) is 5.82 Å². The average Bonchev–Trinajstić information content (AvgIpc) is 2.42. The van der Waals surface area contributed by atoms with Crippen LogP contribution in [0, 0.1) is 5.92 Å². The first-order valence-corrected chi connectivity index (χ1v) is 7.30. The van der Waals surface area contributed by atoms with Crippen molar-refractivity contribution in [3.63, 3.8) is 0 Å². The van der Waals surface area contributed by atoms with Gasteiger partial charge in [0.15, 0.2) is 0 Å². The van der Waals surface area contributed by atoms with Gasteiger partial charge in [0, 0.05) is 19.1 Å². The van der Waals surface area contributed by atoms with Crippen LogP contribution in [0.5, 0.6) is 0 Å². The molecule has 110 valence electrons. The van der Waals surface area contributed by atoms with Gasteiger partial charge in [0.25, 0.3) is 5.91 Å². The van der Waals surface area contributed by atoms with Gasteiger partial charge in [-0.25, -0.2) is 4.98 Å². The standard InChI is InChI=1S/C15H24N4O/c1-4-16-14-7-5-6-13(17-14)15(20)18-12-8-9-19(3)10-11(12)2/h5-7,11-12H,4,8-10H2,1-3H3,(H,16,17)(H,18,20). The lowest BCUT2D eigenvalue weighted by molar-refractivity contribution is 0.0879. The van der Waals surface area contributed by atoms with E-state index in [9.17, 15) is 4.79 Å². The molecule has 20 heavy (non-hydrogen) atoms. The van der Waals surface area contributed by atoms with Crippen LogP contribution in [0.25, 0.3) is 0 Å². The highest BCUT2D eigenvalue weighted by Gasteiger charge is 2.26. The van der Waals surface area contributed by atoms with Crippen LogP contribution in [-0.2, 0) is 0 Å². The van der Waals surface area contributed by atoms with Crippen molar-refractivity contribution < 1.29 is 4.79 Å². The monoisotopic (exact) mass is 276 g/mol. The third-order valence-electron chi connectivity index (χ3n) is 3.76. The molecule has 1 aliphatic rings. The summed E-state index contributed by atoms with van der Waals surface area (Å²) in [6, 6.07) is 5.73. The molecule has 1 aromatic heterocycles. The maximum atomic E-state index is 12.3. The molecule has 2 heterocycles. The van der Waals surface area contributed by atoms with E-state index in [0.29, 0.717) is 11.6 Å². The quantitative estimate of drug-likeness (QED) is 0.877. The lowest BCUT2D eigenvalue weighted by Gasteiger charge is -2.35. The van der Waals surface area contributed by atoms with Crippen molar-refractivity contribution in [2.75, 3.05) is 32.0 Å². The second-order valence-electron chi connectivity index (χ2n) is 5.55. The molecule has 2 atom stereocenters. The Bertz CT molecular complexity index is 463. The highest BCUT2D eigenvalue weighted by molar-refractivity contribution is 5.92. The van der Waals surface area contributed by atoms with Crippen molar-refractivity contribution in [2.45, 2.75) is 26.3 Å². The number of anilines is 1. The van der Waals surface area contributed by atoms with Crippen molar-refractivity contribution in [3.05, 3.63) is 23.9 Å². The van der Waals surface area contributed by atoms with Crippen LogP contribution in [0.1, 0.15) is 30.8 Å². The number of carbonyl (C=O) groups is 1. The predicted molar refractivity (Wildman–Crippen MR) is 80.9 cm³/mol. The van der Waals surface area contributed by atoms with Crippen LogP contribution >= 0.6 is 0 Å². The second kappa shape index (κ2) is 6.70. The van der Waals surface area contributed by atoms with Gasteiger partial charge in [-0.3, -0.25) is 4.79 Å². The van der Waals surface area contributed by atoms with Gasteiger partial charge in [0.2, 0.25) is 0 Å². The summed E-state index contributed by atoms with van der Waals surface area (Å²) in [6.45, 7) is 7.04. The molecule has 0 aliphatic carbocycles. The van der Waals surface area contributed by atoms with Gasteiger partial charge < -0.3 is 15.5 Å². The Kier molecular flexibility index (Phi) is 4.95. The SMILES string of the molecule is CCNc1cccc(C(=O)NC2CCN(C)CC2C)n1. The lowest BCUT2D eigenvalue weighted by atomic mass is 9.94. The first-order chi connectivity index (χ1) is 9.60. The minimum absolute atomic E-state index is 0.0776. The smallest absolute Gasteiger partial charge is 0.270 e. The van der Waals surface area contributed by atoms with Gasteiger partial charge in [-0.05, 0) is 45.0 Å². The summed E-state index contributed by atoms with van der Waals surface area (Å²) < 4.78 is 0. The summed E-state index contributed by atoms with van der Waals surface area (Å²) in [7, 11) is 2.12. The third-order valence-corrected chi connectivity index (χ3v) is 3.76. The topological polar surface area (TPSA) is 57.3 Å². The summed E-state index contributed by atoms with van der Waals surface area (Å²) >= 11 is 0. The zero-order valence-electron chi connectivity index (χ0n) is 12.5. The maximum absolute atomic E-state index is 12.3. The van der Waals surface area contributed by atoms with E-state index < -0.39 is 0 Å². The summed E-state index contributed by atoms with van der Waals surface area (Å²) in [5.74, 6) is 1.14. The van der Waals surface area contributed by atoms with Crippen molar-refractivity contribution in [1.82, 2.24) is 15.2 Å². The van der Waals surface area contributed by atoms with Crippen LogP contribution in [0.15, 0.2) is 18.2 Å². The number of piperidine rings is 1. The Hall–Kier alpha value is -1.62. The number of nitrogens with one attached hydrogen (secondary N) is 2. The number of nitrogens with zero attached hydrogens (tertiary/aromatic N) is 2. The minimum Gasteiger partial charge on any atom is -0.370 e. The number of hydrogen-bond donors (Lipinski definition) is 2. The zero-order valence-corrected chi connectivity index (χ0v) is 12.5. The molecule has 0 spiro atoms. The van der Waals surface area contributed by atoms with E-state index in [1.165, 1.54) is 0 Å². The molecule has 2 unspecified atom stereocenters. The highest BCUT2D eigenvalue weighted by Crippen LogP contribution is 2.16. The fourth-order valence-corrected chi connectivity index (χ4v) is 2.65. The Morgan fingerprint density at radius 2 is 2.30 bits per heavy atom. The molecular weight excluding hydrogens is 252 g/mol. The van der Waals surface area contributed by atoms with E-state index in [4.69, 9.17) is 0 Å². The Labute approximate surface area is 120 Å². The molecule has 1 saturated heterocycles. The third kappa shape index (κ3) is 3.70. The molecule has 2 rings (SSSR count). The van der Waals surface area contributed by atoms with E-state index in [1.807, 2.05) is 19.1 Å². The molecule has 1 aliphatic heterocycles. The Balaban J connectivity index is 1.99. The minimum atomic E-state index is -0.0776. The second-order valence-corrected chi connectivity index (χ2v) is 5.55. The molecule has 0 radical (unpaired) electrons. The first kappa shape index (κ1) is 14.8. The van der Waals surface area contributed by atoms with Crippen LogP contribution in [0.2, 0.25) is 0 Å². The molecule has 0 saturated carbocycles.